The zero-order valence-corrected chi connectivity index (χ0v) is 11.1. The minimum atomic E-state index is -0.388. The second-order valence-corrected chi connectivity index (χ2v) is 4.09. The Labute approximate surface area is 116 Å². The molecule has 1 heterocycles. The van der Waals surface area contributed by atoms with Crippen LogP contribution in [0.1, 0.15) is 23.0 Å². The molecule has 0 aliphatic heterocycles. The normalized spacial score (nSPS) is 10.1. The molecule has 0 saturated carbocycles. The van der Waals surface area contributed by atoms with Crippen LogP contribution in [-0.4, -0.2) is 22.4 Å². The van der Waals surface area contributed by atoms with Crippen molar-refractivity contribution >= 4 is 11.7 Å². The van der Waals surface area contributed by atoms with Gasteiger partial charge in [-0.05, 0) is 13.0 Å². The SMILES string of the molecule is CCNc1cncc(C(=O)NCc2ccccc2F)n1. The van der Waals surface area contributed by atoms with Crippen molar-refractivity contribution in [1.29, 1.82) is 0 Å². The van der Waals surface area contributed by atoms with Crippen molar-refractivity contribution in [3.05, 3.63) is 53.7 Å². The molecule has 0 spiro atoms. The third kappa shape index (κ3) is 3.50. The van der Waals surface area contributed by atoms with Crippen LogP contribution in [-0.2, 0) is 6.54 Å². The molecule has 2 aromatic rings. The first-order chi connectivity index (χ1) is 9.70. The van der Waals surface area contributed by atoms with Gasteiger partial charge in [-0.2, -0.15) is 0 Å². The molecular formula is C14H15FN4O. The summed E-state index contributed by atoms with van der Waals surface area (Å²) in [6.45, 7) is 2.72. The van der Waals surface area contributed by atoms with E-state index in [1.54, 1.807) is 18.2 Å². The van der Waals surface area contributed by atoms with Crippen molar-refractivity contribution in [2.45, 2.75) is 13.5 Å². The molecule has 0 bridgehead atoms. The Balaban J connectivity index is 2.01. The summed E-state index contributed by atoms with van der Waals surface area (Å²) in [5.41, 5.74) is 0.622. The van der Waals surface area contributed by atoms with Crippen molar-refractivity contribution in [1.82, 2.24) is 15.3 Å². The highest BCUT2D eigenvalue weighted by Crippen LogP contribution is 2.06. The molecule has 2 rings (SSSR count). The maximum atomic E-state index is 13.4. The Morgan fingerprint density at radius 1 is 1.30 bits per heavy atom. The maximum Gasteiger partial charge on any atom is 0.271 e. The third-order valence-corrected chi connectivity index (χ3v) is 2.62. The number of halogens is 1. The smallest absolute Gasteiger partial charge is 0.271 e. The first-order valence-electron chi connectivity index (χ1n) is 6.28. The molecule has 5 nitrogen and oxygen atoms in total. The summed E-state index contributed by atoms with van der Waals surface area (Å²) in [4.78, 5) is 20.0. The van der Waals surface area contributed by atoms with Crippen LogP contribution in [0.3, 0.4) is 0 Å². The molecule has 1 aromatic carbocycles. The number of carbonyl (C=O) groups excluding carboxylic acids is 1. The predicted molar refractivity (Wildman–Crippen MR) is 73.8 cm³/mol. The zero-order valence-electron chi connectivity index (χ0n) is 11.1. The highest BCUT2D eigenvalue weighted by molar-refractivity contribution is 5.92. The minimum absolute atomic E-state index is 0.110. The lowest BCUT2D eigenvalue weighted by Crippen LogP contribution is -2.24. The van der Waals surface area contributed by atoms with E-state index >= 15 is 0 Å². The van der Waals surface area contributed by atoms with Crippen LogP contribution in [0.5, 0.6) is 0 Å². The fraction of sp³-hybridized carbons (Fsp3) is 0.214. The topological polar surface area (TPSA) is 66.9 Å². The minimum Gasteiger partial charge on any atom is -0.369 e. The third-order valence-electron chi connectivity index (χ3n) is 2.62. The first-order valence-corrected chi connectivity index (χ1v) is 6.28. The van der Waals surface area contributed by atoms with Crippen LogP contribution in [0.4, 0.5) is 10.2 Å². The van der Waals surface area contributed by atoms with Crippen molar-refractivity contribution in [2.24, 2.45) is 0 Å². The van der Waals surface area contributed by atoms with Crippen LogP contribution in [0, 0.1) is 5.82 Å². The molecule has 0 fully saturated rings. The number of hydrogen-bond acceptors (Lipinski definition) is 4. The number of anilines is 1. The monoisotopic (exact) mass is 274 g/mol. The number of benzene rings is 1. The number of rotatable bonds is 5. The van der Waals surface area contributed by atoms with Gasteiger partial charge in [-0.1, -0.05) is 18.2 Å². The molecule has 0 aliphatic rings. The lowest BCUT2D eigenvalue weighted by atomic mass is 10.2. The van der Waals surface area contributed by atoms with E-state index in [1.165, 1.54) is 18.5 Å². The van der Waals surface area contributed by atoms with Crippen LogP contribution >= 0.6 is 0 Å². The molecular weight excluding hydrogens is 259 g/mol. The summed E-state index contributed by atoms with van der Waals surface area (Å²) in [5, 5.41) is 5.59. The van der Waals surface area contributed by atoms with Gasteiger partial charge < -0.3 is 10.6 Å². The van der Waals surface area contributed by atoms with Crippen LogP contribution < -0.4 is 10.6 Å². The molecule has 1 amide bonds. The average molecular weight is 274 g/mol. The van der Waals surface area contributed by atoms with E-state index in [2.05, 4.69) is 20.6 Å². The number of nitrogens with one attached hydrogen (secondary N) is 2. The number of hydrogen-bond donors (Lipinski definition) is 2. The second kappa shape index (κ2) is 6.60. The molecule has 0 aliphatic carbocycles. The lowest BCUT2D eigenvalue weighted by Gasteiger charge is -2.07. The van der Waals surface area contributed by atoms with Gasteiger partial charge in [-0.15, -0.1) is 0 Å². The zero-order chi connectivity index (χ0) is 14.4. The number of aromatic nitrogens is 2. The Kier molecular flexibility index (Phi) is 4.60. The van der Waals surface area contributed by atoms with E-state index in [1.807, 2.05) is 6.92 Å². The van der Waals surface area contributed by atoms with Crippen LogP contribution in [0.15, 0.2) is 36.7 Å². The summed E-state index contributed by atoms with van der Waals surface area (Å²) in [5.74, 6) is -0.202. The predicted octanol–water partition coefficient (Wildman–Crippen LogP) is 1.98. The molecule has 6 heteroatoms. The summed E-state index contributed by atoms with van der Waals surface area (Å²) in [6.07, 6.45) is 2.91. The Morgan fingerprint density at radius 2 is 2.10 bits per heavy atom. The molecule has 0 radical (unpaired) electrons. The van der Waals surface area contributed by atoms with Crippen molar-refractivity contribution in [2.75, 3.05) is 11.9 Å². The second-order valence-electron chi connectivity index (χ2n) is 4.09. The van der Waals surface area contributed by atoms with Gasteiger partial charge in [0, 0.05) is 18.7 Å². The van der Waals surface area contributed by atoms with E-state index in [4.69, 9.17) is 0 Å². The highest BCUT2D eigenvalue weighted by atomic mass is 19.1. The Morgan fingerprint density at radius 3 is 2.85 bits per heavy atom. The van der Waals surface area contributed by atoms with Gasteiger partial charge in [-0.3, -0.25) is 9.78 Å². The number of carbonyl (C=O) groups is 1. The highest BCUT2D eigenvalue weighted by Gasteiger charge is 2.09. The van der Waals surface area contributed by atoms with E-state index in [9.17, 15) is 9.18 Å². The maximum absolute atomic E-state index is 13.4. The summed E-state index contributed by atoms with van der Waals surface area (Å²) in [7, 11) is 0. The fourth-order valence-electron chi connectivity index (χ4n) is 1.65. The van der Waals surface area contributed by atoms with Gasteiger partial charge in [0.05, 0.1) is 12.4 Å². The van der Waals surface area contributed by atoms with Gasteiger partial charge in [0.25, 0.3) is 5.91 Å². The summed E-state index contributed by atoms with van der Waals surface area (Å²) >= 11 is 0. The standard InChI is InChI=1S/C14H15FN4O/c1-2-17-13-9-16-8-12(19-13)14(20)18-7-10-5-3-4-6-11(10)15/h3-6,8-9H,2,7H2,1H3,(H,17,19)(H,18,20). The van der Waals surface area contributed by atoms with E-state index in [0.717, 1.165) is 0 Å². The molecule has 104 valence electrons. The van der Waals surface area contributed by atoms with E-state index in [0.29, 0.717) is 17.9 Å². The molecule has 20 heavy (non-hydrogen) atoms. The van der Waals surface area contributed by atoms with Crippen molar-refractivity contribution < 1.29 is 9.18 Å². The molecule has 1 aromatic heterocycles. The molecule has 0 unspecified atom stereocenters. The average Bonchev–Trinajstić information content (AvgIpc) is 2.47. The largest absolute Gasteiger partial charge is 0.369 e. The fourth-order valence-corrected chi connectivity index (χ4v) is 1.65. The van der Waals surface area contributed by atoms with Gasteiger partial charge >= 0.3 is 0 Å². The van der Waals surface area contributed by atoms with Crippen LogP contribution in [0.25, 0.3) is 0 Å². The lowest BCUT2D eigenvalue weighted by molar-refractivity contribution is 0.0945. The van der Waals surface area contributed by atoms with Gasteiger partial charge in [-0.25, -0.2) is 9.37 Å². The van der Waals surface area contributed by atoms with Crippen LogP contribution in [0.2, 0.25) is 0 Å². The number of nitrogens with zero attached hydrogens (tertiary/aromatic N) is 2. The van der Waals surface area contributed by atoms with Gasteiger partial charge in [0.15, 0.2) is 0 Å². The van der Waals surface area contributed by atoms with Crippen molar-refractivity contribution in [3.8, 4) is 0 Å². The number of amides is 1. The van der Waals surface area contributed by atoms with E-state index < -0.39 is 0 Å². The Hall–Kier alpha value is -2.50. The summed E-state index contributed by atoms with van der Waals surface area (Å²) < 4.78 is 13.4. The van der Waals surface area contributed by atoms with Crippen molar-refractivity contribution in [3.63, 3.8) is 0 Å². The quantitative estimate of drug-likeness (QED) is 0.875. The molecule has 2 N–H and O–H groups in total. The first kappa shape index (κ1) is 13.9. The molecule has 0 saturated heterocycles. The molecule has 0 atom stereocenters. The van der Waals surface area contributed by atoms with Gasteiger partial charge in [0.1, 0.15) is 17.3 Å². The van der Waals surface area contributed by atoms with Gasteiger partial charge in [0.2, 0.25) is 0 Å². The summed E-state index contributed by atoms with van der Waals surface area (Å²) in [6, 6.07) is 6.30. The van der Waals surface area contributed by atoms with E-state index in [-0.39, 0.29) is 24.0 Å². The Bertz CT molecular complexity index is 603.